The van der Waals surface area contributed by atoms with E-state index in [4.69, 9.17) is 5.26 Å². The van der Waals surface area contributed by atoms with E-state index in [0.29, 0.717) is 31.3 Å². The van der Waals surface area contributed by atoms with Crippen LogP contribution in [0.3, 0.4) is 0 Å². The maximum absolute atomic E-state index is 11.9. The van der Waals surface area contributed by atoms with Crippen molar-refractivity contribution in [1.82, 2.24) is 15.5 Å². The second-order valence-corrected chi connectivity index (χ2v) is 9.83. The Morgan fingerprint density at radius 2 is 1.60 bits per heavy atom. The van der Waals surface area contributed by atoms with Crippen molar-refractivity contribution in [1.29, 1.82) is 5.26 Å². The van der Waals surface area contributed by atoms with E-state index in [1.54, 1.807) is 18.3 Å². The average molecular weight is 505 g/mol. The van der Waals surface area contributed by atoms with Crippen molar-refractivity contribution >= 4 is 18.2 Å². The van der Waals surface area contributed by atoms with Crippen LogP contribution in [-0.2, 0) is 14.4 Å². The molecule has 1 aliphatic carbocycles. The van der Waals surface area contributed by atoms with E-state index in [-0.39, 0.29) is 5.41 Å². The number of piperidine rings is 1. The number of alkyl halides is 3. The number of nitrogens with zero attached hydrogens (tertiary/aromatic N) is 2. The predicted octanol–water partition coefficient (Wildman–Crippen LogP) is 4.45. The highest BCUT2D eigenvalue weighted by Crippen LogP contribution is 2.61. The van der Waals surface area contributed by atoms with Gasteiger partial charge in [0.15, 0.2) is 0 Å². The van der Waals surface area contributed by atoms with Gasteiger partial charge >= 0.3 is 12.1 Å². The third-order valence-corrected chi connectivity index (χ3v) is 5.41. The monoisotopic (exact) mass is 504 g/mol. The number of allylic oxidation sites excluding steroid dienone is 1. The SMILES string of the molecule is C/C=C(\C)C(C#N)NC=O.CC(C)C.CC1(C)[C@@H]2CN(C(=O)CNC(=O)C(F)(F)F)C[C@@H]21.CCC. The minimum atomic E-state index is -4.94. The van der Waals surface area contributed by atoms with E-state index in [1.165, 1.54) is 11.3 Å². The average Bonchev–Trinajstić information content (AvgIpc) is 3.09. The van der Waals surface area contributed by atoms with Gasteiger partial charge in [-0.3, -0.25) is 14.4 Å². The summed E-state index contributed by atoms with van der Waals surface area (Å²) in [6.07, 6.45) is -1.36. The first-order valence-electron chi connectivity index (χ1n) is 11.9. The molecule has 3 atom stereocenters. The molecule has 7 nitrogen and oxygen atoms in total. The molecule has 0 spiro atoms. The smallest absolute Gasteiger partial charge is 0.341 e. The standard InChI is InChI=1S/C11H15F3N2O2.C7H10N2O.C4H10.C3H8/c1-10(2)6-4-16(5-7(6)10)8(17)3-15-9(18)11(12,13)14;1-3-6(2)7(4-8)9-5-10;1-4(2)3;1-3-2/h6-7H,3-5H2,1-2H3,(H,15,18);3,5,7H,1-2H3,(H,9,10);4H,1-3H3;3H2,1-2H3/b;6-3+;;/t6-,7+;;;. The molecule has 1 unspecified atom stereocenters. The van der Waals surface area contributed by atoms with Crippen LogP contribution in [0.5, 0.6) is 0 Å². The molecule has 0 bridgehead atoms. The van der Waals surface area contributed by atoms with Gasteiger partial charge in [-0.2, -0.15) is 18.4 Å². The van der Waals surface area contributed by atoms with E-state index in [1.807, 2.05) is 13.0 Å². The summed E-state index contributed by atoms with van der Waals surface area (Å²) in [5.74, 6) is -0.796. The molecule has 2 rings (SSSR count). The number of nitrogens with one attached hydrogen (secondary N) is 2. The number of carbonyl (C=O) groups is 3. The number of likely N-dealkylation sites (tertiary alicyclic amines) is 1. The fourth-order valence-electron chi connectivity index (χ4n) is 3.21. The summed E-state index contributed by atoms with van der Waals surface area (Å²) in [5.41, 5.74) is 1.10. The molecule has 10 heteroatoms. The van der Waals surface area contributed by atoms with Crippen LogP contribution in [0.2, 0.25) is 0 Å². The first-order valence-corrected chi connectivity index (χ1v) is 11.9. The number of nitriles is 1. The number of rotatable bonds is 5. The summed E-state index contributed by atoms with van der Waals surface area (Å²) in [6.45, 7) is 19.2. The van der Waals surface area contributed by atoms with Crippen molar-refractivity contribution in [3.05, 3.63) is 11.6 Å². The van der Waals surface area contributed by atoms with Crippen molar-refractivity contribution in [3.8, 4) is 6.07 Å². The fourth-order valence-corrected chi connectivity index (χ4v) is 3.21. The highest BCUT2D eigenvalue weighted by Gasteiger charge is 2.62. The third-order valence-electron chi connectivity index (χ3n) is 5.41. The molecule has 3 amide bonds. The lowest BCUT2D eigenvalue weighted by atomic mass is 10.1. The van der Waals surface area contributed by atoms with Gasteiger partial charge in [0.05, 0.1) is 12.6 Å². The van der Waals surface area contributed by atoms with Gasteiger partial charge in [0.25, 0.3) is 0 Å². The Balaban J connectivity index is 0. The summed E-state index contributed by atoms with van der Waals surface area (Å²) < 4.78 is 35.7. The maximum atomic E-state index is 11.9. The minimum absolute atomic E-state index is 0.242. The normalized spacial score (nSPS) is 20.2. The molecule has 1 saturated carbocycles. The van der Waals surface area contributed by atoms with Gasteiger partial charge in [-0.25, -0.2) is 0 Å². The quantitative estimate of drug-likeness (QED) is 0.427. The molecule has 2 fully saturated rings. The van der Waals surface area contributed by atoms with Gasteiger partial charge in [-0.15, -0.1) is 0 Å². The Labute approximate surface area is 208 Å². The minimum Gasteiger partial charge on any atom is -0.341 e. The van der Waals surface area contributed by atoms with Gasteiger partial charge < -0.3 is 15.5 Å². The predicted molar refractivity (Wildman–Crippen MR) is 131 cm³/mol. The molecule has 1 saturated heterocycles. The summed E-state index contributed by atoms with van der Waals surface area (Å²) in [6, 6.07) is 1.47. The van der Waals surface area contributed by atoms with E-state index in [2.05, 4.69) is 53.8 Å². The van der Waals surface area contributed by atoms with Crippen molar-refractivity contribution in [3.63, 3.8) is 0 Å². The number of fused-ring (bicyclic) bond motifs is 1. The molecule has 202 valence electrons. The van der Waals surface area contributed by atoms with Crippen LogP contribution in [-0.4, -0.2) is 55.0 Å². The molecule has 1 aliphatic heterocycles. The summed E-state index contributed by atoms with van der Waals surface area (Å²) in [7, 11) is 0. The zero-order valence-corrected chi connectivity index (χ0v) is 22.5. The Hall–Kier alpha value is -2.57. The molecule has 0 aromatic carbocycles. The molecule has 0 aromatic rings. The van der Waals surface area contributed by atoms with Gasteiger partial charge in [0.2, 0.25) is 12.3 Å². The largest absolute Gasteiger partial charge is 0.471 e. The van der Waals surface area contributed by atoms with E-state index in [9.17, 15) is 27.6 Å². The van der Waals surface area contributed by atoms with Crippen molar-refractivity contribution in [2.75, 3.05) is 19.6 Å². The first-order chi connectivity index (χ1) is 16.0. The van der Waals surface area contributed by atoms with Gasteiger partial charge in [0.1, 0.15) is 6.04 Å². The van der Waals surface area contributed by atoms with Gasteiger partial charge in [-0.1, -0.05) is 61.0 Å². The third kappa shape index (κ3) is 13.2. The van der Waals surface area contributed by atoms with E-state index < -0.39 is 30.6 Å². The fraction of sp³-hybridized carbons (Fsp3) is 0.760. The molecule has 0 aromatic heterocycles. The lowest BCUT2D eigenvalue weighted by Gasteiger charge is -2.22. The van der Waals surface area contributed by atoms with Gasteiger partial charge in [-0.05, 0) is 42.6 Å². The summed E-state index contributed by atoms with van der Waals surface area (Å²) in [4.78, 5) is 33.6. The summed E-state index contributed by atoms with van der Waals surface area (Å²) in [5, 5.41) is 12.4. The van der Waals surface area contributed by atoms with E-state index >= 15 is 0 Å². The summed E-state index contributed by atoms with van der Waals surface area (Å²) >= 11 is 0. The molecular formula is C25H43F3N4O3. The highest BCUT2D eigenvalue weighted by molar-refractivity contribution is 5.87. The van der Waals surface area contributed by atoms with Gasteiger partial charge in [0, 0.05) is 13.1 Å². The molecule has 2 aliphatic rings. The number of carbonyl (C=O) groups excluding carboxylic acids is 3. The van der Waals surface area contributed by atoms with Crippen molar-refractivity contribution in [2.24, 2.45) is 23.2 Å². The number of amides is 3. The zero-order valence-electron chi connectivity index (χ0n) is 22.5. The van der Waals surface area contributed by atoms with E-state index in [0.717, 1.165) is 11.5 Å². The Kier molecular flexibility index (Phi) is 16.0. The molecule has 2 N–H and O–H groups in total. The molecule has 35 heavy (non-hydrogen) atoms. The topological polar surface area (TPSA) is 102 Å². The number of hydrogen-bond acceptors (Lipinski definition) is 4. The Morgan fingerprint density at radius 3 is 1.91 bits per heavy atom. The van der Waals surface area contributed by atoms with Crippen LogP contribution < -0.4 is 10.6 Å². The second-order valence-electron chi connectivity index (χ2n) is 9.83. The van der Waals surface area contributed by atoms with Crippen LogP contribution in [0.25, 0.3) is 0 Å². The van der Waals surface area contributed by atoms with Crippen molar-refractivity contribution in [2.45, 2.75) is 81.0 Å². The number of hydrogen-bond donors (Lipinski definition) is 2. The highest BCUT2D eigenvalue weighted by atomic mass is 19.4. The lowest BCUT2D eigenvalue weighted by Crippen LogP contribution is -2.44. The van der Waals surface area contributed by atoms with Crippen LogP contribution in [0, 0.1) is 34.5 Å². The number of halogens is 3. The molecule has 1 heterocycles. The maximum Gasteiger partial charge on any atom is 0.471 e. The van der Waals surface area contributed by atoms with Crippen molar-refractivity contribution < 1.29 is 27.6 Å². The van der Waals surface area contributed by atoms with Crippen LogP contribution >= 0.6 is 0 Å². The van der Waals surface area contributed by atoms with Crippen LogP contribution in [0.1, 0.15) is 68.7 Å². The second kappa shape index (κ2) is 16.2. The van der Waals surface area contributed by atoms with Crippen LogP contribution in [0.4, 0.5) is 13.2 Å². The Morgan fingerprint density at radius 1 is 1.17 bits per heavy atom. The lowest BCUT2D eigenvalue weighted by molar-refractivity contribution is -0.174. The Bertz CT molecular complexity index is 726. The molecule has 0 radical (unpaired) electrons. The first kappa shape index (κ1) is 34.6. The molecular weight excluding hydrogens is 461 g/mol. The van der Waals surface area contributed by atoms with Crippen LogP contribution in [0.15, 0.2) is 11.6 Å². The zero-order chi connectivity index (χ0) is 28.0.